The molecular formula is C80H121NO27. The lowest BCUT2D eigenvalue weighted by Gasteiger charge is -2.71. The highest BCUT2D eigenvalue weighted by molar-refractivity contribution is 5.80. The number of ether oxygens (including phenoxy) is 10. The number of carbonyl (C=O) groups is 1. The van der Waals surface area contributed by atoms with Gasteiger partial charge in [-0.05, 0) is 191 Å². The molecule has 28 nitrogen and oxygen atoms in total. The minimum Gasteiger partial charge on any atom is -0.432 e. The predicted molar refractivity (Wildman–Crippen MR) is 378 cm³/mol. The topological polar surface area (TPSA) is 439 Å². The number of hydrogen-bond acceptors (Lipinski definition) is 28. The Kier molecular flexibility index (Phi) is 22.0. The molecule has 28 heteroatoms. The van der Waals surface area contributed by atoms with Crippen LogP contribution in [-0.4, -0.2) is 267 Å². The van der Waals surface area contributed by atoms with E-state index in [2.05, 4.69) is 85.5 Å². The highest BCUT2D eigenvalue weighted by atomic mass is 16.8. The van der Waals surface area contributed by atoms with E-state index in [1.807, 2.05) is 6.20 Å². The Balaban J connectivity index is 0.000000325. The van der Waals surface area contributed by atoms with Gasteiger partial charge in [-0.3, -0.25) is 4.79 Å². The quantitative estimate of drug-likeness (QED) is 0.0654. The van der Waals surface area contributed by atoms with Gasteiger partial charge in [0.05, 0.1) is 50.4 Å². The second-order valence-corrected chi connectivity index (χ2v) is 37.7. The summed E-state index contributed by atoms with van der Waals surface area (Å²) in [6.45, 7) is 21.9. The lowest BCUT2D eigenvalue weighted by Crippen LogP contribution is -2.68. The van der Waals surface area contributed by atoms with Crippen molar-refractivity contribution in [3.8, 4) is 12.3 Å². The molecule has 15 rings (SSSR count). The van der Waals surface area contributed by atoms with Crippen LogP contribution in [0.15, 0.2) is 27.9 Å². The van der Waals surface area contributed by atoms with Crippen LogP contribution >= 0.6 is 0 Å². The molecule has 7 saturated carbocycles. The maximum Gasteiger partial charge on any atom is 0.317 e. The number of hydrogen-bond donors (Lipinski definition) is 15. The molecule has 108 heavy (non-hydrogen) atoms. The highest BCUT2D eigenvalue weighted by Gasteiger charge is 2.73. The summed E-state index contributed by atoms with van der Waals surface area (Å²) in [6.07, 6.45) is -11.8. The average Bonchev–Trinajstić information content (AvgIpc) is 0.812. The van der Waals surface area contributed by atoms with E-state index in [9.17, 15) is 76.6 Å². The molecular weight excluding hydrogens is 1410 g/mol. The number of carbonyl (C=O) groups excluding carboxylic acids is 1. The van der Waals surface area contributed by atoms with Gasteiger partial charge in [0, 0.05) is 11.0 Å². The summed E-state index contributed by atoms with van der Waals surface area (Å²) in [5.41, 5.74) is -0.286. The number of fused-ring (bicyclic) bond motifs is 13. The molecule has 0 spiro atoms. The Morgan fingerprint density at radius 2 is 1.19 bits per heavy atom. The first-order valence-corrected chi connectivity index (χ1v) is 39.7. The van der Waals surface area contributed by atoms with Crippen molar-refractivity contribution in [1.82, 2.24) is 5.16 Å². The van der Waals surface area contributed by atoms with Crippen LogP contribution in [-0.2, 0) is 58.6 Å². The summed E-state index contributed by atoms with van der Waals surface area (Å²) < 4.78 is 65.0. The number of esters is 1. The van der Waals surface area contributed by atoms with Crippen molar-refractivity contribution >= 4 is 12.0 Å². The molecule has 38 atom stereocenters. The fourth-order valence-corrected chi connectivity index (χ4v) is 24.6. The summed E-state index contributed by atoms with van der Waals surface area (Å²) in [7, 11) is 0. The average molecular weight is 1530 g/mol. The monoisotopic (exact) mass is 1530 g/mol. The Hall–Kier alpha value is -3.24. The third-order valence-electron chi connectivity index (χ3n) is 31.4. The van der Waals surface area contributed by atoms with Crippen molar-refractivity contribution in [3.05, 3.63) is 34.7 Å². The second-order valence-electron chi connectivity index (χ2n) is 37.7. The van der Waals surface area contributed by atoms with Crippen LogP contribution in [0, 0.1) is 91.2 Å². The molecule has 14 aliphatic rings. The van der Waals surface area contributed by atoms with Crippen LogP contribution in [0.1, 0.15) is 184 Å². The molecule has 5 aliphatic heterocycles. The van der Waals surface area contributed by atoms with E-state index in [-0.39, 0.29) is 58.4 Å². The maximum absolute atomic E-state index is 15.4. The number of rotatable bonds is 11. The van der Waals surface area contributed by atoms with Gasteiger partial charge >= 0.3 is 5.97 Å². The van der Waals surface area contributed by atoms with E-state index in [1.54, 1.807) is 12.5 Å². The summed E-state index contributed by atoms with van der Waals surface area (Å²) >= 11 is 0. The zero-order valence-electron chi connectivity index (χ0n) is 64.2. The Morgan fingerprint density at radius 3 is 1.86 bits per heavy atom. The molecule has 6 heterocycles. The van der Waals surface area contributed by atoms with Gasteiger partial charge in [0.25, 0.3) is 0 Å². The maximum atomic E-state index is 15.4. The number of aliphatic hydroxyl groups is 15. The zero-order valence-corrected chi connectivity index (χ0v) is 64.2. The SMILES string of the molecule is C#CC1(O)CCC2C3CCC4=Cc5oncc5CC4(C)C3CCC21C.CC1OC(OC2CCC3(C)C(CCC4(C)C3CC=C3C5CC(C)(C)CCC5(C(=O)OC5OCC(O)C(O)C5OC5OC(C)C(OC6OC(CO)C(O)C(O)C6O)C(O)C5O)C(O)CC34C)C2(C)C)C(O)C(O)C1OC1OCC(O)C(O)C1O. The number of nitrogens with zero attached hydrogens (tertiary/aromatic N) is 1. The summed E-state index contributed by atoms with van der Waals surface area (Å²) in [5.74, 6) is 4.64. The normalized spacial score (nSPS) is 53.4. The van der Waals surface area contributed by atoms with E-state index in [0.29, 0.717) is 43.4 Å². The predicted octanol–water partition coefficient (Wildman–Crippen LogP) is 2.31. The lowest BCUT2D eigenvalue weighted by molar-refractivity contribution is -0.374. The van der Waals surface area contributed by atoms with Gasteiger partial charge in [0.1, 0.15) is 103 Å². The number of aliphatic hydroxyl groups excluding tert-OH is 14. The van der Waals surface area contributed by atoms with E-state index in [0.717, 1.165) is 69.1 Å². The van der Waals surface area contributed by atoms with Gasteiger partial charge in [-0.1, -0.05) is 90.6 Å². The number of allylic oxidation sites excluding steroid dienone is 3. The minimum absolute atomic E-state index is 0.114. The summed E-state index contributed by atoms with van der Waals surface area (Å²) in [4.78, 5) is 15.4. The van der Waals surface area contributed by atoms with Crippen molar-refractivity contribution in [2.75, 3.05) is 19.8 Å². The van der Waals surface area contributed by atoms with Gasteiger partial charge in [-0.15, -0.1) is 6.42 Å². The van der Waals surface area contributed by atoms with Gasteiger partial charge in [0.2, 0.25) is 6.29 Å². The first-order chi connectivity index (χ1) is 50.7. The molecule has 0 aromatic carbocycles. The molecule has 1 aromatic rings. The van der Waals surface area contributed by atoms with Gasteiger partial charge in [0.15, 0.2) is 37.0 Å². The van der Waals surface area contributed by atoms with E-state index in [1.165, 1.54) is 18.9 Å². The van der Waals surface area contributed by atoms with Crippen molar-refractivity contribution in [1.29, 1.82) is 0 Å². The fraction of sp³-hybridized carbons (Fsp3) is 0.875. The standard InChI is InChI=1S/C58H94O25.C22H27NO2/c1-23-44(80-47-40(69)34(63)27(60)21-74-47)38(67)42(71)48(76-23)79-33-13-14-55(7)30(54(33,5)6)12-15-56(8)31(55)11-10-25-26-18-53(3,4)16-17-58(26,32(62)19-57(25,56)9)52(73)83-51-46(35(64)28(61)22-75-51)82-49-43(72)39(68)45(24(2)77-49)81-50-41(70)37(66)36(65)29(20-59)78-50;1-4-22(24)10-8-18-16-6-5-15-11-19-14(13-23-25-19)12-20(15,2)17(16)7-9-21(18,22)3/h10,23-24,26-51,59-72H,11-22H2,1-9H3;1,11,13,16-18,24H,5-10,12H2,2-3H3. The van der Waals surface area contributed by atoms with Crippen LogP contribution in [0.4, 0.5) is 0 Å². The minimum atomic E-state index is -1.93. The Labute approximate surface area is 631 Å². The van der Waals surface area contributed by atoms with Crippen molar-refractivity contribution in [2.45, 2.75) is 338 Å². The third kappa shape index (κ3) is 12.9. The first kappa shape index (κ1) is 81.3. The van der Waals surface area contributed by atoms with Crippen LogP contribution in [0.3, 0.4) is 0 Å². The molecule has 0 bridgehead atoms. The Morgan fingerprint density at radius 1 is 0.602 bits per heavy atom. The number of aromatic nitrogens is 1. The smallest absolute Gasteiger partial charge is 0.317 e. The summed E-state index contributed by atoms with van der Waals surface area (Å²) in [5, 5.41) is 168. The van der Waals surface area contributed by atoms with Crippen LogP contribution in [0.5, 0.6) is 0 Å². The van der Waals surface area contributed by atoms with Crippen LogP contribution < -0.4 is 0 Å². The Bertz CT molecular complexity index is 3530. The van der Waals surface area contributed by atoms with Crippen molar-refractivity contribution in [2.24, 2.45) is 78.8 Å². The van der Waals surface area contributed by atoms with Crippen LogP contribution in [0.25, 0.3) is 6.08 Å². The van der Waals surface area contributed by atoms with Gasteiger partial charge in [-0.25, -0.2) is 0 Å². The second kappa shape index (κ2) is 29.2. The molecule has 12 fully saturated rings. The van der Waals surface area contributed by atoms with E-state index in [4.69, 9.17) is 58.3 Å². The van der Waals surface area contributed by atoms with Crippen LogP contribution in [0.2, 0.25) is 0 Å². The van der Waals surface area contributed by atoms with Crippen molar-refractivity contribution < 1.29 is 133 Å². The molecule has 1 aromatic heterocycles. The largest absolute Gasteiger partial charge is 0.432 e. The lowest BCUT2D eigenvalue weighted by atomic mass is 9.33. The van der Waals surface area contributed by atoms with E-state index >= 15 is 4.79 Å². The van der Waals surface area contributed by atoms with Crippen molar-refractivity contribution in [3.63, 3.8) is 0 Å². The third-order valence-corrected chi connectivity index (χ3v) is 31.4. The highest BCUT2D eigenvalue weighted by Crippen LogP contribution is 2.77. The molecule has 0 amide bonds. The molecule has 9 aliphatic carbocycles. The molecule has 608 valence electrons. The molecule has 0 radical (unpaired) electrons. The summed E-state index contributed by atoms with van der Waals surface area (Å²) in [6, 6.07) is 0. The first-order valence-electron chi connectivity index (χ1n) is 39.7. The van der Waals surface area contributed by atoms with E-state index < -0.39 is 200 Å². The molecule has 5 saturated heterocycles. The zero-order chi connectivity index (χ0) is 78.0. The molecule has 15 N–H and O–H groups in total. The van der Waals surface area contributed by atoms with Gasteiger partial charge in [-0.2, -0.15) is 0 Å². The molecule has 38 unspecified atom stereocenters. The fourth-order valence-electron chi connectivity index (χ4n) is 24.6. The number of terminal acetylenes is 1. The van der Waals surface area contributed by atoms with Gasteiger partial charge < -0.3 is 128 Å².